The topological polar surface area (TPSA) is 43.1 Å². The first kappa shape index (κ1) is 11.2. The predicted octanol–water partition coefficient (Wildman–Crippen LogP) is 3.01. The van der Waals surface area contributed by atoms with Gasteiger partial charge < -0.3 is 4.40 Å². The van der Waals surface area contributed by atoms with Gasteiger partial charge in [-0.1, -0.05) is 24.6 Å². The van der Waals surface area contributed by atoms with E-state index in [1.165, 1.54) is 0 Å². The van der Waals surface area contributed by atoms with Crippen LogP contribution in [0.5, 0.6) is 0 Å². The average molecular weight is 259 g/mol. The highest BCUT2D eigenvalue weighted by Gasteiger charge is 2.09. The molecule has 0 N–H and O–H groups in total. The molecule has 0 aliphatic heterocycles. The summed E-state index contributed by atoms with van der Waals surface area (Å²) in [7, 11) is 0. The molecule has 0 bridgehead atoms. The van der Waals surface area contributed by atoms with Crippen LogP contribution in [-0.2, 0) is 6.42 Å². The lowest BCUT2D eigenvalue weighted by molar-refractivity contribution is 1.00. The molecule has 0 unspecified atom stereocenters. The Kier molecular flexibility index (Phi) is 2.72. The number of pyridine rings is 1. The van der Waals surface area contributed by atoms with Crippen LogP contribution >= 0.6 is 11.6 Å². The third-order valence-corrected chi connectivity index (χ3v) is 2.90. The van der Waals surface area contributed by atoms with Crippen LogP contribution in [0.3, 0.4) is 0 Å². The highest BCUT2D eigenvalue weighted by Crippen LogP contribution is 2.18. The zero-order valence-electron chi connectivity index (χ0n) is 9.84. The highest BCUT2D eigenvalue weighted by molar-refractivity contribution is 6.29. The number of fused-ring (bicyclic) bond motifs is 1. The molecular weight excluding hydrogens is 248 g/mol. The number of aromatic nitrogens is 4. The highest BCUT2D eigenvalue weighted by atomic mass is 35.5. The standard InChI is InChI=1S/C13H11ClN4/c1-2-9-7-11(14)17-13(15-9)10-8-18-6-4-3-5-12(18)16-10/h3-8H,2H2,1H3. The van der Waals surface area contributed by atoms with Crippen molar-refractivity contribution in [2.75, 3.05) is 0 Å². The molecule has 3 heterocycles. The van der Waals surface area contributed by atoms with Gasteiger partial charge in [0.25, 0.3) is 0 Å². The summed E-state index contributed by atoms with van der Waals surface area (Å²) < 4.78 is 1.94. The number of hydrogen-bond donors (Lipinski definition) is 0. The number of aryl methyl sites for hydroxylation is 1. The van der Waals surface area contributed by atoms with Gasteiger partial charge in [0.05, 0.1) is 0 Å². The van der Waals surface area contributed by atoms with Crippen molar-refractivity contribution in [2.45, 2.75) is 13.3 Å². The zero-order chi connectivity index (χ0) is 12.5. The van der Waals surface area contributed by atoms with Crippen molar-refractivity contribution in [3.05, 3.63) is 47.5 Å². The number of halogens is 1. The van der Waals surface area contributed by atoms with Gasteiger partial charge in [0.1, 0.15) is 16.5 Å². The first-order valence-corrected chi connectivity index (χ1v) is 6.11. The summed E-state index contributed by atoms with van der Waals surface area (Å²) in [6.07, 6.45) is 4.67. The predicted molar refractivity (Wildman–Crippen MR) is 70.6 cm³/mol. The van der Waals surface area contributed by atoms with Crippen molar-refractivity contribution in [3.8, 4) is 11.5 Å². The minimum atomic E-state index is 0.453. The largest absolute Gasteiger partial charge is 0.306 e. The molecule has 0 aromatic carbocycles. The van der Waals surface area contributed by atoms with Crippen LogP contribution in [0.1, 0.15) is 12.6 Å². The molecule has 0 aliphatic carbocycles. The summed E-state index contributed by atoms with van der Waals surface area (Å²) in [5.74, 6) is 0.572. The first-order chi connectivity index (χ1) is 8.76. The Morgan fingerprint density at radius 2 is 2.11 bits per heavy atom. The molecule has 3 aromatic heterocycles. The second kappa shape index (κ2) is 4.38. The molecule has 5 heteroatoms. The molecule has 0 radical (unpaired) electrons. The van der Waals surface area contributed by atoms with E-state index >= 15 is 0 Å². The maximum Gasteiger partial charge on any atom is 0.181 e. The molecule has 4 nitrogen and oxygen atoms in total. The normalized spacial score (nSPS) is 11.0. The molecule has 18 heavy (non-hydrogen) atoms. The van der Waals surface area contributed by atoms with E-state index < -0.39 is 0 Å². The van der Waals surface area contributed by atoms with Crippen LogP contribution in [-0.4, -0.2) is 19.4 Å². The minimum absolute atomic E-state index is 0.453. The van der Waals surface area contributed by atoms with Gasteiger partial charge >= 0.3 is 0 Å². The summed E-state index contributed by atoms with van der Waals surface area (Å²) in [6, 6.07) is 7.62. The fraction of sp³-hybridized carbons (Fsp3) is 0.154. The van der Waals surface area contributed by atoms with Crippen LogP contribution in [0.15, 0.2) is 36.7 Å². The molecule has 90 valence electrons. The van der Waals surface area contributed by atoms with Crippen LogP contribution < -0.4 is 0 Å². The molecule has 0 saturated heterocycles. The van der Waals surface area contributed by atoms with Gasteiger partial charge in [-0.05, 0) is 24.6 Å². The van der Waals surface area contributed by atoms with E-state index in [0.29, 0.717) is 11.0 Å². The van der Waals surface area contributed by atoms with Gasteiger partial charge in [-0.3, -0.25) is 0 Å². The summed E-state index contributed by atoms with van der Waals surface area (Å²) in [4.78, 5) is 13.2. The number of hydrogen-bond acceptors (Lipinski definition) is 3. The van der Waals surface area contributed by atoms with E-state index in [4.69, 9.17) is 11.6 Å². The van der Waals surface area contributed by atoms with E-state index in [0.717, 1.165) is 23.5 Å². The molecule has 3 rings (SSSR count). The fourth-order valence-electron chi connectivity index (χ4n) is 1.80. The van der Waals surface area contributed by atoms with Crippen LogP contribution in [0.25, 0.3) is 17.2 Å². The molecule has 0 spiro atoms. The third kappa shape index (κ3) is 1.95. The Morgan fingerprint density at radius 1 is 1.22 bits per heavy atom. The lowest BCUT2D eigenvalue weighted by Crippen LogP contribution is -1.95. The molecule has 3 aromatic rings. The Labute approximate surface area is 109 Å². The quantitative estimate of drug-likeness (QED) is 0.664. The number of nitrogens with zero attached hydrogens (tertiary/aromatic N) is 4. The van der Waals surface area contributed by atoms with Crippen molar-refractivity contribution < 1.29 is 0 Å². The second-order valence-corrected chi connectivity index (χ2v) is 4.34. The third-order valence-electron chi connectivity index (χ3n) is 2.70. The molecule has 0 saturated carbocycles. The van der Waals surface area contributed by atoms with Crippen molar-refractivity contribution in [1.82, 2.24) is 19.4 Å². The van der Waals surface area contributed by atoms with Crippen molar-refractivity contribution in [2.24, 2.45) is 0 Å². The Balaban J connectivity index is 2.16. The molecular formula is C13H11ClN4. The van der Waals surface area contributed by atoms with Crippen LogP contribution in [0.2, 0.25) is 5.15 Å². The van der Waals surface area contributed by atoms with E-state index in [9.17, 15) is 0 Å². The van der Waals surface area contributed by atoms with Gasteiger partial charge in [0.15, 0.2) is 5.82 Å². The number of rotatable bonds is 2. The Bertz CT molecular complexity index is 672. The van der Waals surface area contributed by atoms with E-state index in [2.05, 4.69) is 15.0 Å². The fourth-order valence-corrected chi connectivity index (χ4v) is 2.01. The van der Waals surface area contributed by atoms with E-state index in [-0.39, 0.29) is 0 Å². The lowest BCUT2D eigenvalue weighted by Gasteiger charge is -2.00. The van der Waals surface area contributed by atoms with Gasteiger partial charge in [-0.15, -0.1) is 0 Å². The summed E-state index contributed by atoms with van der Waals surface area (Å²) in [5.41, 5.74) is 2.52. The Hall–Kier alpha value is -1.94. The average Bonchev–Trinajstić information content (AvgIpc) is 2.81. The monoisotopic (exact) mass is 258 g/mol. The van der Waals surface area contributed by atoms with Gasteiger partial charge in [0, 0.05) is 18.1 Å². The molecule has 0 aliphatic rings. The van der Waals surface area contributed by atoms with Gasteiger partial charge in [0.2, 0.25) is 0 Å². The van der Waals surface area contributed by atoms with Gasteiger partial charge in [-0.25, -0.2) is 15.0 Å². The SMILES string of the molecule is CCc1cc(Cl)nc(-c2cn3ccccc3n2)n1. The lowest BCUT2D eigenvalue weighted by atomic mass is 10.3. The molecule has 0 atom stereocenters. The van der Waals surface area contributed by atoms with Gasteiger partial charge in [-0.2, -0.15) is 0 Å². The van der Waals surface area contributed by atoms with E-state index in [1.807, 2.05) is 41.9 Å². The number of imidazole rings is 1. The maximum atomic E-state index is 5.99. The Morgan fingerprint density at radius 3 is 2.89 bits per heavy atom. The zero-order valence-corrected chi connectivity index (χ0v) is 10.6. The summed E-state index contributed by atoms with van der Waals surface area (Å²) in [5, 5.41) is 0.453. The smallest absolute Gasteiger partial charge is 0.181 e. The van der Waals surface area contributed by atoms with Crippen molar-refractivity contribution in [3.63, 3.8) is 0 Å². The second-order valence-electron chi connectivity index (χ2n) is 3.95. The summed E-state index contributed by atoms with van der Waals surface area (Å²) >= 11 is 5.99. The van der Waals surface area contributed by atoms with Crippen LogP contribution in [0, 0.1) is 0 Å². The van der Waals surface area contributed by atoms with Crippen molar-refractivity contribution >= 4 is 17.2 Å². The minimum Gasteiger partial charge on any atom is -0.306 e. The van der Waals surface area contributed by atoms with Crippen LogP contribution in [0.4, 0.5) is 0 Å². The molecule has 0 amide bonds. The summed E-state index contributed by atoms with van der Waals surface area (Å²) in [6.45, 7) is 2.03. The first-order valence-electron chi connectivity index (χ1n) is 5.74. The molecule has 0 fully saturated rings. The van der Waals surface area contributed by atoms with Crippen molar-refractivity contribution in [1.29, 1.82) is 0 Å². The van der Waals surface area contributed by atoms with E-state index in [1.54, 1.807) is 6.07 Å². The maximum absolute atomic E-state index is 5.99.